The molecule has 482 valence electrons. The van der Waals surface area contributed by atoms with Crippen LogP contribution >= 0.6 is 0 Å². The number of carbonyl (C=O) groups is 1. The highest BCUT2D eigenvalue weighted by Gasteiger charge is 2.51. The quantitative estimate of drug-likeness (QED) is 0.0204. The molecule has 0 bridgehead atoms. The zero-order valence-corrected chi connectivity index (χ0v) is 52.2. The number of ether oxygens (including phenoxy) is 4. The molecule has 14 heteroatoms. The van der Waals surface area contributed by atoms with Gasteiger partial charge in [-0.3, -0.25) is 4.79 Å². The maximum absolute atomic E-state index is 13.2. The third kappa shape index (κ3) is 38.4. The first-order valence-electron chi connectivity index (χ1n) is 33.7. The van der Waals surface area contributed by atoms with Crippen molar-refractivity contribution in [2.75, 3.05) is 19.8 Å². The van der Waals surface area contributed by atoms with E-state index in [1.54, 1.807) is 6.08 Å². The van der Waals surface area contributed by atoms with E-state index in [4.69, 9.17) is 18.9 Å². The average molecular weight is 1170 g/mol. The van der Waals surface area contributed by atoms with E-state index >= 15 is 0 Å². The minimum Gasteiger partial charge on any atom is -0.394 e. The fourth-order valence-electron chi connectivity index (χ4n) is 10.8. The summed E-state index contributed by atoms with van der Waals surface area (Å²) >= 11 is 0. The Hall–Kier alpha value is -2.57. The van der Waals surface area contributed by atoms with Gasteiger partial charge in [-0.15, -0.1) is 0 Å². The minimum absolute atomic E-state index is 0.240. The van der Waals surface area contributed by atoms with Crippen molar-refractivity contribution < 1.29 is 64.6 Å². The number of rotatable bonds is 54. The van der Waals surface area contributed by atoms with Gasteiger partial charge in [0, 0.05) is 6.42 Å². The molecule has 2 rings (SSSR count). The Kier molecular flexibility index (Phi) is 49.5. The first kappa shape index (κ1) is 76.5. The van der Waals surface area contributed by atoms with Crippen molar-refractivity contribution in [3.05, 3.63) is 72.9 Å². The Labute approximate surface area is 504 Å². The number of amides is 1. The summed E-state index contributed by atoms with van der Waals surface area (Å²) in [5, 5.41) is 86.8. The van der Waals surface area contributed by atoms with E-state index in [-0.39, 0.29) is 18.9 Å². The van der Waals surface area contributed by atoms with Crippen LogP contribution in [-0.2, 0) is 23.7 Å². The largest absolute Gasteiger partial charge is 0.394 e. The second kappa shape index (κ2) is 53.7. The summed E-state index contributed by atoms with van der Waals surface area (Å²) in [6.07, 6.45) is 55.9. The van der Waals surface area contributed by atoms with Crippen LogP contribution < -0.4 is 5.32 Å². The summed E-state index contributed by atoms with van der Waals surface area (Å²) in [5.41, 5.74) is 0. The van der Waals surface area contributed by atoms with E-state index < -0.39 is 86.8 Å². The number of unbranched alkanes of at least 4 members (excludes halogenated alkanes) is 31. The van der Waals surface area contributed by atoms with Crippen molar-refractivity contribution in [3.63, 3.8) is 0 Å². The fourth-order valence-corrected chi connectivity index (χ4v) is 10.8. The van der Waals surface area contributed by atoms with Crippen LogP contribution in [0.5, 0.6) is 0 Å². The van der Waals surface area contributed by atoms with E-state index in [2.05, 4.69) is 79.9 Å². The predicted molar refractivity (Wildman–Crippen MR) is 337 cm³/mol. The summed E-state index contributed by atoms with van der Waals surface area (Å²) in [4.78, 5) is 13.2. The lowest BCUT2D eigenvalue weighted by molar-refractivity contribution is -0.359. The molecule has 0 aliphatic carbocycles. The van der Waals surface area contributed by atoms with Crippen LogP contribution in [0.15, 0.2) is 72.9 Å². The standard InChI is InChI=1S/C69H123NO13/c1-3-5-7-9-11-13-14-15-16-17-18-19-20-21-22-23-24-25-26-27-28-29-30-31-32-33-34-35-36-37-38-39-40-41-42-43-44-45-47-49-51-53-61(74)70-57(58(73)52-50-48-46-12-10-8-6-4-2)56-80-68-66(79)64(77)67(60(55-72)82-68)83-69-65(78)63(76)62(75)59(54-71)81-69/h5,7,11,13,15-16,18-19,21-22,50,52,57-60,62-69,71-73,75-79H,3-4,6,8-10,12,14,17,20,23-49,51,53-56H2,1-2H3,(H,70,74)/b7-5-,13-11-,16-15-,19-18-,22-21-,52-50+. The SMILES string of the molecule is CC/C=C\C/C=C\C/C=C\C/C=C\C/C=C\CCCCCCCCCCCCCCCCCCCCCCCCCCCC(=O)NC(COC1OC(CO)C(OC2OC(CO)C(O)C(O)C2O)C(O)C1O)C(O)/C=C/CCCCCCCC. The van der Waals surface area contributed by atoms with Crippen LogP contribution in [0.25, 0.3) is 0 Å². The maximum Gasteiger partial charge on any atom is 0.220 e. The molecule has 9 N–H and O–H groups in total. The molecule has 12 unspecified atom stereocenters. The molecule has 2 fully saturated rings. The van der Waals surface area contributed by atoms with Gasteiger partial charge in [0.2, 0.25) is 5.91 Å². The third-order valence-corrected chi connectivity index (χ3v) is 16.1. The molecular formula is C69H123NO13. The van der Waals surface area contributed by atoms with E-state index in [0.717, 1.165) is 77.0 Å². The highest BCUT2D eigenvalue weighted by atomic mass is 16.7. The molecule has 0 saturated carbocycles. The molecular weight excluding hydrogens is 1050 g/mol. The maximum atomic E-state index is 13.2. The van der Waals surface area contributed by atoms with Crippen molar-refractivity contribution in [3.8, 4) is 0 Å². The first-order chi connectivity index (χ1) is 40.6. The Bertz CT molecular complexity index is 1670. The lowest BCUT2D eigenvalue weighted by Gasteiger charge is -2.46. The van der Waals surface area contributed by atoms with E-state index in [9.17, 15) is 45.6 Å². The van der Waals surface area contributed by atoms with E-state index in [1.165, 1.54) is 161 Å². The van der Waals surface area contributed by atoms with E-state index in [1.807, 2.05) is 6.08 Å². The number of aliphatic hydroxyl groups excluding tert-OH is 8. The van der Waals surface area contributed by atoms with Gasteiger partial charge in [0.15, 0.2) is 12.6 Å². The zero-order valence-electron chi connectivity index (χ0n) is 52.2. The molecule has 1 amide bonds. The van der Waals surface area contributed by atoms with Gasteiger partial charge in [-0.2, -0.15) is 0 Å². The summed E-state index contributed by atoms with van der Waals surface area (Å²) in [6.45, 7) is 2.64. The van der Waals surface area contributed by atoms with Crippen LogP contribution in [0.1, 0.15) is 264 Å². The Balaban J connectivity index is 1.49. The van der Waals surface area contributed by atoms with Crippen molar-refractivity contribution in [1.82, 2.24) is 5.32 Å². The number of nitrogens with one attached hydrogen (secondary N) is 1. The molecule has 0 aromatic rings. The summed E-state index contributed by atoms with van der Waals surface area (Å²) in [5.74, 6) is -0.240. The molecule has 2 aliphatic rings. The number of carbonyl (C=O) groups excluding carboxylic acids is 1. The summed E-state index contributed by atoms with van der Waals surface area (Å²) < 4.78 is 22.7. The van der Waals surface area contributed by atoms with Crippen molar-refractivity contribution >= 4 is 5.91 Å². The van der Waals surface area contributed by atoms with Crippen LogP contribution in [0.3, 0.4) is 0 Å². The third-order valence-electron chi connectivity index (χ3n) is 16.1. The lowest BCUT2D eigenvalue weighted by atomic mass is 9.97. The summed E-state index contributed by atoms with van der Waals surface area (Å²) in [7, 11) is 0. The second-order valence-electron chi connectivity index (χ2n) is 23.6. The number of aliphatic hydroxyl groups is 8. The van der Waals surface area contributed by atoms with E-state index in [0.29, 0.717) is 6.42 Å². The normalized spacial score (nSPS) is 24.3. The first-order valence-corrected chi connectivity index (χ1v) is 33.7. The van der Waals surface area contributed by atoms with Crippen LogP contribution in [-0.4, -0.2) is 140 Å². The second-order valence-corrected chi connectivity index (χ2v) is 23.6. The van der Waals surface area contributed by atoms with Crippen molar-refractivity contribution in [2.45, 2.75) is 338 Å². The molecule has 0 aromatic heterocycles. The fraction of sp³-hybridized carbons (Fsp3) is 0.812. The minimum atomic E-state index is -1.79. The van der Waals surface area contributed by atoms with Gasteiger partial charge in [-0.05, 0) is 64.2 Å². The Morgan fingerprint density at radius 2 is 0.831 bits per heavy atom. The summed E-state index contributed by atoms with van der Waals surface area (Å²) in [6, 6.07) is -0.912. The highest BCUT2D eigenvalue weighted by Crippen LogP contribution is 2.30. The molecule has 2 aliphatic heterocycles. The molecule has 0 radical (unpaired) electrons. The van der Waals surface area contributed by atoms with Gasteiger partial charge in [-0.1, -0.05) is 267 Å². The van der Waals surface area contributed by atoms with Crippen LogP contribution in [0.2, 0.25) is 0 Å². The van der Waals surface area contributed by atoms with Crippen molar-refractivity contribution in [2.24, 2.45) is 0 Å². The molecule has 2 heterocycles. The van der Waals surface area contributed by atoms with Gasteiger partial charge < -0.3 is 65.1 Å². The van der Waals surface area contributed by atoms with Gasteiger partial charge in [0.1, 0.15) is 48.8 Å². The molecule has 0 spiro atoms. The lowest BCUT2D eigenvalue weighted by Crippen LogP contribution is -2.65. The smallest absolute Gasteiger partial charge is 0.220 e. The number of hydrogen-bond donors (Lipinski definition) is 9. The molecule has 14 nitrogen and oxygen atoms in total. The van der Waals surface area contributed by atoms with Gasteiger partial charge in [0.05, 0.1) is 32.0 Å². The van der Waals surface area contributed by atoms with Crippen LogP contribution in [0, 0.1) is 0 Å². The predicted octanol–water partition coefficient (Wildman–Crippen LogP) is 13.1. The molecule has 2 saturated heterocycles. The Morgan fingerprint density at radius 3 is 1.28 bits per heavy atom. The zero-order chi connectivity index (χ0) is 60.2. The number of hydrogen-bond acceptors (Lipinski definition) is 13. The van der Waals surface area contributed by atoms with Gasteiger partial charge in [-0.25, -0.2) is 0 Å². The van der Waals surface area contributed by atoms with Crippen LogP contribution in [0.4, 0.5) is 0 Å². The Morgan fingerprint density at radius 1 is 0.446 bits per heavy atom. The molecule has 12 atom stereocenters. The monoisotopic (exact) mass is 1170 g/mol. The van der Waals surface area contributed by atoms with Gasteiger partial charge in [0.25, 0.3) is 0 Å². The number of allylic oxidation sites excluding steroid dienone is 11. The molecule has 0 aromatic carbocycles. The van der Waals surface area contributed by atoms with Gasteiger partial charge >= 0.3 is 0 Å². The molecule has 83 heavy (non-hydrogen) atoms. The topological polar surface area (TPSA) is 228 Å². The average Bonchev–Trinajstić information content (AvgIpc) is 3.45. The van der Waals surface area contributed by atoms with Crippen molar-refractivity contribution in [1.29, 1.82) is 0 Å². The highest BCUT2D eigenvalue weighted by molar-refractivity contribution is 5.76.